The Labute approximate surface area is 150 Å². The average molecular weight is 351 g/mol. The van der Waals surface area contributed by atoms with Crippen molar-refractivity contribution in [2.75, 3.05) is 5.32 Å². The Hall–Kier alpha value is -3.27. The number of carbonyl (C=O) groups is 1. The minimum atomic E-state index is -0.331. The van der Waals surface area contributed by atoms with Gasteiger partial charge in [-0.3, -0.25) is 4.79 Å². The van der Waals surface area contributed by atoms with Crippen LogP contribution in [0.5, 0.6) is 0 Å². The van der Waals surface area contributed by atoms with Crippen LogP contribution in [0.3, 0.4) is 0 Å². The maximum atomic E-state index is 13.2. The number of rotatable bonds is 4. The van der Waals surface area contributed by atoms with Gasteiger partial charge < -0.3 is 5.32 Å². The highest BCUT2D eigenvalue weighted by atomic mass is 19.1. The number of aryl methyl sites for hydroxylation is 3. The van der Waals surface area contributed by atoms with Crippen LogP contribution in [-0.2, 0) is 11.2 Å². The van der Waals surface area contributed by atoms with E-state index in [1.165, 1.54) is 18.3 Å². The maximum Gasteiger partial charge on any atom is 0.224 e. The summed E-state index contributed by atoms with van der Waals surface area (Å²) in [6, 6.07) is 6.33. The van der Waals surface area contributed by atoms with E-state index in [-0.39, 0.29) is 18.1 Å². The molecule has 0 unspecified atom stereocenters. The second kappa shape index (κ2) is 6.92. The number of benzene rings is 1. The molecule has 0 atom stereocenters. The number of hydrogen-bond donors (Lipinski definition) is 1. The molecule has 26 heavy (non-hydrogen) atoms. The summed E-state index contributed by atoms with van der Waals surface area (Å²) in [6.07, 6.45) is 2.25. The molecule has 1 N–H and O–H groups in total. The molecule has 0 fully saturated rings. The zero-order valence-corrected chi connectivity index (χ0v) is 14.8. The zero-order chi connectivity index (χ0) is 18.8. The van der Waals surface area contributed by atoms with Crippen LogP contribution in [0.2, 0.25) is 0 Å². The van der Waals surface area contributed by atoms with Gasteiger partial charge in [0.05, 0.1) is 6.20 Å². The van der Waals surface area contributed by atoms with Gasteiger partial charge in [0, 0.05) is 23.5 Å². The zero-order valence-electron chi connectivity index (χ0n) is 14.8. The number of nitrogens with one attached hydrogen (secondary N) is 1. The number of amides is 1. The van der Waals surface area contributed by atoms with Crippen molar-refractivity contribution in [3.63, 3.8) is 0 Å². The first-order chi connectivity index (χ1) is 12.4. The smallest absolute Gasteiger partial charge is 0.224 e. The van der Waals surface area contributed by atoms with Crippen molar-refractivity contribution in [1.82, 2.24) is 14.6 Å². The van der Waals surface area contributed by atoms with Crippen molar-refractivity contribution in [2.45, 2.75) is 33.6 Å². The fraction of sp³-hybridized carbons (Fsp3) is 0.263. The van der Waals surface area contributed by atoms with Crippen molar-refractivity contribution in [2.24, 2.45) is 0 Å². The topological polar surface area (TPSA) is 83.1 Å². The average Bonchev–Trinajstić information content (AvgIpc) is 3.00. The van der Waals surface area contributed by atoms with Gasteiger partial charge in [0.1, 0.15) is 17.4 Å². The Morgan fingerprint density at radius 1 is 1.35 bits per heavy atom. The van der Waals surface area contributed by atoms with Gasteiger partial charge in [0.2, 0.25) is 5.91 Å². The van der Waals surface area contributed by atoms with Crippen molar-refractivity contribution in [3.8, 4) is 6.07 Å². The number of anilines is 1. The minimum absolute atomic E-state index is 0.156. The van der Waals surface area contributed by atoms with Gasteiger partial charge in [-0.25, -0.2) is 13.9 Å². The highest BCUT2D eigenvalue weighted by molar-refractivity contribution is 5.91. The second-order valence-corrected chi connectivity index (χ2v) is 6.17. The molecule has 1 amide bonds. The summed E-state index contributed by atoms with van der Waals surface area (Å²) in [5, 5.41) is 16.1. The van der Waals surface area contributed by atoms with Crippen LogP contribution in [0.15, 0.2) is 24.4 Å². The first-order valence-corrected chi connectivity index (χ1v) is 8.20. The number of aromatic nitrogens is 3. The molecular formula is C19H18FN5O. The van der Waals surface area contributed by atoms with Crippen molar-refractivity contribution >= 4 is 17.2 Å². The molecule has 3 aromatic rings. The number of halogens is 1. The van der Waals surface area contributed by atoms with Gasteiger partial charge in [-0.15, -0.1) is 0 Å². The van der Waals surface area contributed by atoms with Crippen LogP contribution in [0.1, 0.15) is 34.5 Å². The highest BCUT2D eigenvalue weighted by Crippen LogP contribution is 2.19. The first kappa shape index (κ1) is 17.5. The minimum Gasteiger partial charge on any atom is -0.326 e. The molecule has 0 aliphatic carbocycles. The van der Waals surface area contributed by atoms with Crippen LogP contribution >= 0.6 is 0 Å². The van der Waals surface area contributed by atoms with Gasteiger partial charge in [0.25, 0.3) is 0 Å². The summed E-state index contributed by atoms with van der Waals surface area (Å²) in [4.78, 5) is 16.7. The quantitative estimate of drug-likeness (QED) is 0.782. The summed E-state index contributed by atoms with van der Waals surface area (Å²) >= 11 is 0. The monoisotopic (exact) mass is 351 g/mol. The third-order valence-electron chi connectivity index (χ3n) is 4.39. The van der Waals surface area contributed by atoms with E-state index in [1.807, 2.05) is 13.8 Å². The predicted molar refractivity (Wildman–Crippen MR) is 95.3 cm³/mol. The molecule has 0 radical (unpaired) electrons. The van der Waals surface area contributed by atoms with Crippen LogP contribution in [0.4, 0.5) is 10.1 Å². The van der Waals surface area contributed by atoms with E-state index in [0.29, 0.717) is 28.9 Å². The van der Waals surface area contributed by atoms with E-state index >= 15 is 0 Å². The molecule has 0 spiro atoms. The fourth-order valence-electron chi connectivity index (χ4n) is 2.97. The summed E-state index contributed by atoms with van der Waals surface area (Å²) < 4.78 is 14.8. The molecule has 0 saturated carbocycles. The normalized spacial score (nSPS) is 10.7. The van der Waals surface area contributed by atoms with Gasteiger partial charge in [0.15, 0.2) is 5.65 Å². The van der Waals surface area contributed by atoms with Gasteiger partial charge in [-0.2, -0.15) is 10.4 Å². The number of nitriles is 1. The molecule has 2 heterocycles. The fourth-order valence-corrected chi connectivity index (χ4v) is 2.97. The molecule has 0 aliphatic rings. The Morgan fingerprint density at radius 2 is 2.12 bits per heavy atom. The number of carbonyl (C=O) groups excluding carboxylic acids is 1. The highest BCUT2D eigenvalue weighted by Gasteiger charge is 2.15. The third kappa shape index (κ3) is 3.26. The molecule has 0 saturated heterocycles. The SMILES string of the molecule is Cc1cc(F)ccc1NC(=O)CCc1c(C)nc2c(C#N)cnn2c1C. The van der Waals surface area contributed by atoms with Crippen LogP contribution in [0.25, 0.3) is 5.65 Å². The largest absolute Gasteiger partial charge is 0.326 e. The van der Waals surface area contributed by atoms with E-state index in [2.05, 4.69) is 21.5 Å². The molecular weight excluding hydrogens is 333 g/mol. The molecule has 6 nitrogen and oxygen atoms in total. The summed E-state index contributed by atoms with van der Waals surface area (Å²) in [7, 11) is 0. The van der Waals surface area contributed by atoms with E-state index in [0.717, 1.165) is 17.0 Å². The van der Waals surface area contributed by atoms with Gasteiger partial charge >= 0.3 is 0 Å². The second-order valence-electron chi connectivity index (χ2n) is 6.17. The van der Waals surface area contributed by atoms with Crippen molar-refractivity contribution in [3.05, 3.63) is 58.3 Å². The molecule has 0 bridgehead atoms. The third-order valence-corrected chi connectivity index (χ3v) is 4.39. The number of hydrogen-bond acceptors (Lipinski definition) is 4. The maximum absolute atomic E-state index is 13.2. The van der Waals surface area contributed by atoms with Gasteiger partial charge in [-0.05, 0) is 56.5 Å². The molecule has 3 rings (SSSR count). The number of fused-ring (bicyclic) bond motifs is 1. The first-order valence-electron chi connectivity index (χ1n) is 8.20. The summed E-state index contributed by atoms with van der Waals surface area (Å²) in [5.74, 6) is -0.487. The van der Waals surface area contributed by atoms with Crippen LogP contribution in [0, 0.1) is 37.9 Å². The van der Waals surface area contributed by atoms with Crippen LogP contribution in [-0.4, -0.2) is 20.5 Å². The Balaban J connectivity index is 1.77. The predicted octanol–water partition coefficient (Wildman–Crippen LogP) is 3.24. The van der Waals surface area contributed by atoms with Crippen molar-refractivity contribution in [1.29, 1.82) is 5.26 Å². The Bertz CT molecular complexity index is 1050. The van der Waals surface area contributed by atoms with E-state index in [1.54, 1.807) is 17.5 Å². The molecule has 0 aliphatic heterocycles. The van der Waals surface area contributed by atoms with E-state index < -0.39 is 0 Å². The Kier molecular flexibility index (Phi) is 4.67. The lowest BCUT2D eigenvalue weighted by molar-refractivity contribution is -0.116. The Morgan fingerprint density at radius 3 is 2.81 bits per heavy atom. The lowest BCUT2D eigenvalue weighted by Crippen LogP contribution is -2.15. The van der Waals surface area contributed by atoms with E-state index in [9.17, 15) is 9.18 Å². The van der Waals surface area contributed by atoms with Crippen molar-refractivity contribution < 1.29 is 9.18 Å². The molecule has 1 aromatic carbocycles. The summed E-state index contributed by atoms with van der Waals surface area (Å²) in [6.45, 7) is 5.50. The standard InChI is InChI=1S/C19H18FN5O/c1-11-8-15(20)4-6-17(11)24-18(26)7-5-16-12(2)23-19-14(9-21)10-22-25(19)13(16)3/h4,6,8,10H,5,7H2,1-3H3,(H,24,26). The summed E-state index contributed by atoms with van der Waals surface area (Å²) in [5.41, 5.74) is 4.79. The van der Waals surface area contributed by atoms with E-state index in [4.69, 9.17) is 5.26 Å². The molecule has 7 heteroatoms. The number of nitrogens with zero attached hydrogens (tertiary/aromatic N) is 4. The van der Waals surface area contributed by atoms with Gasteiger partial charge in [-0.1, -0.05) is 0 Å². The van der Waals surface area contributed by atoms with Crippen LogP contribution < -0.4 is 5.32 Å². The lowest BCUT2D eigenvalue weighted by Gasteiger charge is -2.12. The molecule has 2 aromatic heterocycles. The molecule has 132 valence electrons. The lowest BCUT2D eigenvalue weighted by atomic mass is 10.1.